The van der Waals surface area contributed by atoms with Crippen LogP contribution in [-0.4, -0.2) is 47.2 Å². The van der Waals surface area contributed by atoms with Crippen LogP contribution in [0, 0.1) is 24.7 Å². The summed E-state index contributed by atoms with van der Waals surface area (Å²) < 4.78 is 6.50. The second-order valence-electron chi connectivity index (χ2n) is 10.5. The fraction of sp³-hybridized carbons (Fsp3) is 0.517. The van der Waals surface area contributed by atoms with Crippen molar-refractivity contribution in [3.8, 4) is 0 Å². The summed E-state index contributed by atoms with van der Waals surface area (Å²) in [6, 6.07) is 6.47. The standard InChI is InChI=1S/C29H35N3O2/c1-5-19-12-25(31(15-18-8-9-18)28(19)30-7-3)27-17(4)22-11-10-21(13-26(22)34-27)29(33)32-16-20(6-2)23-14-24(23)32/h5,10-13,18,20,23-24H,6-9,14-16H2,1-4H3/b19-5-,30-28?/t20?,23-,24?/m1/s1. The Kier molecular flexibility index (Phi) is 5.20. The number of hydrogen-bond acceptors (Lipinski definition) is 3. The number of furan rings is 1. The first-order valence-electron chi connectivity index (χ1n) is 13.1. The number of carbonyl (C=O) groups is 1. The van der Waals surface area contributed by atoms with Crippen molar-refractivity contribution in [2.24, 2.45) is 22.7 Å². The molecule has 5 heteroatoms. The van der Waals surface area contributed by atoms with Crippen LogP contribution in [0.25, 0.3) is 16.7 Å². The van der Waals surface area contributed by atoms with Crippen molar-refractivity contribution in [2.45, 2.75) is 59.4 Å². The highest BCUT2D eigenvalue weighted by molar-refractivity contribution is 6.11. The molecule has 0 N–H and O–H groups in total. The molecule has 3 heterocycles. The van der Waals surface area contributed by atoms with Gasteiger partial charge in [-0.1, -0.05) is 25.5 Å². The van der Waals surface area contributed by atoms with Gasteiger partial charge in [-0.15, -0.1) is 0 Å². The van der Waals surface area contributed by atoms with Gasteiger partial charge in [0.25, 0.3) is 5.91 Å². The van der Waals surface area contributed by atoms with E-state index in [1.807, 2.05) is 12.1 Å². The number of allylic oxidation sites excluding steroid dienone is 1. The SMILES string of the molecule is C/C=C1/C=C(c2oc3cc(C(=O)N4CC(CC)[C@H]5CC54)ccc3c2C)N(CC2CC2)C1=NCC. The van der Waals surface area contributed by atoms with Crippen molar-refractivity contribution < 1.29 is 9.21 Å². The van der Waals surface area contributed by atoms with E-state index in [1.54, 1.807) is 0 Å². The Morgan fingerprint density at radius 3 is 2.76 bits per heavy atom. The van der Waals surface area contributed by atoms with Gasteiger partial charge in [-0.2, -0.15) is 0 Å². The first-order chi connectivity index (χ1) is 16.5. The van der Waals surface area contributed by atoms with Crippen molar-refractivity contribution in [3.63, 3.8) is 0 Å². The number of amides is 1. The minimum Gasteiger partial charge on any atom is -0.454 e. The number of aryl methyl sites for hydroxylation is 1. The van der Waals surface area contributed by atoms with Gasteiger partial charge < -0.3 is 14.2 Å². The molecule has 178 valence electrons. The number of hydrogen-bond donors (Lipinski definition) is 0. The fourth-order valence-corrected chi connectivity index (χ4v) is 6.05. The molecule has 1 aromatic heterocycles. The van der Waals surface area contributed by atoms with E-state index >= 15 is 0 Å². The maximum absolute atomic E-state index is 13.4. The Balaban J connectivity index is 1.35. The number of benzene rings is 1. The predicted molar refractivity (Wildman–Crippen MR) is 137 cm³/mol. The molecule has 0 bridgehead atoms. The van der Waals surface area contributed by atoms with E-state index < -0.39 is 0 Å². The van der Waals surface area contributed by atoms with Crippen LogP contribution >= 0.6 is 0 Å². The lowest BCUT2D eigenvalue weighted by molar-refractivity contribution is 0.0758. The third-order valence-corrected chi connectivity index (χ3v) is 8.30. The highest BCUT2D eigenvalue weighted by Crippen LogP contribution is 2.50. The normalized spacial score (nSPS) is 28.4. The zero-order chi connectivity index (χ0) is 23.6. The summed E-state index contributed by atoms with van der Waals surface area (Å²) in [6.45, 7) is 11.2. The van der Waals surface area contributed by atoms with E-state index in [9.17, 15) is 4.79 Å². The minimum absolute atomic E-state index is 0.157. The molecule has 6 rings (SSSR count). The summed E-state index contributed by atoms with van der Waals surface area (Å²) in [5, 5.41) is 1.08. The average Bonchev–Trinajstić information content (AvgIpc) is 3.74. The zero-order valence-electron chi connectivity index (χ0n) is 20.8. The van der Waals surface area contributed by atoms with Gasteiger partial charge in [-0.05, 0) is 76.0 Å². The molecule has 3 fully saturated rings. The van der Waals surface area contributed by atoms with Crippen molar-refractivity contribution in [1.82, 2.24) is 9.80 Å². The van der Waals surface area contributed by atoms with Gasteiger partial charge in [-0.3, -0.25) is 9.79 Å². The van der Waals surface area contributed by atoms with Crippen molar-refractivity contribution >= 4 is 28.4 Å². The minimum atomic E-state index is 0.157. The molecule has 2 aromatic rings. The molecule has 2 unspecified atom stereocenters. The molecular formula is C29H35N3O2. The van der Waals surface area contributed by atoms with Crippen LogP contribution in [0.15, 0.2) is 45.3 Å². The number of likely N-dealkylation sites (tertiary alicyclic amines) is 1. The lowest BCUT2D eigenvalue weighted by atomic mass is 10.0. The van der Waals surface area contributed by atoms with Crippen LogP contribution in [0.2, 0.25) is 0 Å². The molecular weight excluding hydrogens is 422 g/mol. The van der Waals surface area contributed by atoms with E-state index in [0.29, 0.717) is 12.0 Å². The third kappa shape index (κ3) is 3.43. The molecule has 2 aliphatic heterocycles. The summed E-state index contributed by atoms with van der Waals surface area (Å²) in [6.07, 6.45) is 9.27. The molecule has 1 amide bonds. The van der Waals surface area contributed by atoms with Gasteiger partial charge in [0.05, 0.1) is 5.70 Å². The summed E-state index contributed by atoms with van der Waals surface area (Å²) >= 11 is 0. The molecule has 2 saturated carbocycles. The fourth-order valence-electron chi connectivity index (χ4n) is 6.05. The lowest BCUT2D eigenvalue weighted by Crippen LogP contribution is -2.32. The number of rotatable bonds is 6. The van der Waals surface area contributed by atoms with E-state index in [2.05, 4.69) is 55.7 Å². The average molecular weight is 458 g/mol. The smallest absolute Gasteiger partial charge is 0.254 e. The van der Waals surface area contributed by atoms with Crippen LogP contribution in [0.5, 0.6) is 0 Å². The van der Waals surface area contributed by atoms with Crippen molar-refractivity contribution in [3.05, 3.63) is 52.8 Å². The van der Waals surface area contributed by atoms with Gasteiger partial charge in [0.1, 0.15) is 11.4 Å². The zero-order valence-corrected chi connectivity index (χ0v) is 20.8. The third-order valence-electron chi connectivity index (χ3n) is 8.30. The molecule has 1 aromatic carbocycles. The first-order valence-corrected chi connectivity index (χ1v) is 13.1. The molecule has 3 atom stereocenters. The van der Waals surface area contributed by atoms with Gasteiger partial charge in [0.2, 0.25) is 0 Å². The lowest BCUT2D eigenvalue weighted by Gasteiger charge is -2.22. The second kappa shape index (κ2) is 8.14. The van der Waals surface area contributed by atoms with Crippen molar-refractivity contribution in [2.75, 3.05) is 19.6 Å². The first kappa shape index (κ1) is 21.7. The molecule has 2 aliphatic carbocycles. The van der Waals surface area contributed by atoms with Crippen LogP contribution in [0.4, 0.5) is 0 Å². The van der Waals surface area contributed by atoms with E-state index in [1.165, 1.54) is 19.3 Å². The Bertz CT molecular complexity index is 1250. The van der Waals surface area contributed by atoms with E-state index in [0.717, 1.165) is 82.9 Å². The second-order valence-corrected chi connectivity index (χ2v) is 10.5. The molecule has 0 spiro atoms. The molecule has 1 saturated heterocycles. The van der Waals surface area contributed by atoms with E-state index in [4.69, 9.17) is 9.41 Å². The number of piperidine rings is 1. The Morgan fingerprint density at radius 1 is 1.26 bits per heavy atom. The topological polar surface area (TPSA) is 49.1 Å². The van der Waals surface area contributed by atoms with Gasteiger partial charge in [0.15, 0.2) is 5.76 Å². The quantitative estimate of drug-likeness (QED) is 0.531. The summed E-state index contributed by atoms with van der Waals surface area (Å²) in [7, 11) is 0. The summed E-state index contributed by atoms with van der Waals surface area (Å²) in [4.78, 5) is 22.7. The Hall–Kier alpha value is -2.82. The highest BCUT2D eigenvalue weighted by atomic mass is 16.3. The Labute approximate surface area is 202 Å². The van der Waals surface area contributed by atoms with Gasteiger partial charge in [-0.25, -0.2) is 0 Å². The van der Waals surface area contributed by atoms with E-state index in [-0.39, 0.29) is 5.91 Å². The summed E-state index contributed by atoms with van der Waals surface area (Å²) in [5.74, 6) is 4.24. The monoisotopic (exact) mass is 457 g/mol. The number of nitrogens with zero attached hydrogens (tertiary/aromatic N) is 3. The van der Waals surface area contributed by atoms with Crippen LogP contribution in [0.1, 0.15) is 68.1 Å². The van der Waals surface area contributed by atoms with Crippen LogP contribution in [0.3, 0.4) is 0 Å². The van der Waals surface area contributed by atoms with Gasteiger partial charge in [0, 0.05) is 47.8 Å². The Morgan fingerprint density at radius 2 is 2.09 bits per heavy atom. The number of carbonyl (C=O) groups excluding carboxylic acids is 1. The maximum atomic E-state index is 13.4. The molecule has 5 nitrogen and oxygen atoms in total. The molecule has 0 radical (unpaired) electrons. The largest absolute Gasteiger partial charge is 0.454 e. The number of fused-ring (bicyclic) bond motifs is 2. The predicted octanol–water partition coefficient (Wildman–Crippen LogP) is 6.04. The van der Waals surface area contributed by atoms with Gasteiger partial charge >= 0.3 is 0 Å². The molecule has 34 heavy (non-hydrogen) atoms. The maximum Gasteiger partial charge on any atom is 0.254 e. The van der Waals surface area contributed by atoms with Crippen molar-refractivity contribution in [1.29, 1.82) is 0 Å². The highest BCUT2D eigenvalue weighted by Gasteiger charge is 2.54. The number of aliphatic imine (C=N–C) groups is 1. The molecule has 4 aliphatic rings. The van der Waals surface area contributed by atoms with Crippen LogP contribution < -0.4 is 0 Å². The summed E-state index contributed by atoms with van der Waals surface area (Å²) in [5.41, 5.74) is 4.93. The number of amidine groups is 1. The van der Waals surface area contributed by atoms with Crippen LogP contribution in [-0.2, 0) is 0 Å².